The topological polar surface area (TPSA) is 96.9 Å². The van der Waals surface area contributed by atoms with Gasteiger partial charge >= 0.3 is 13.1 Å². The van der Waals surface area contributed by atoms with Crippen molar-refractivity contribution in [3.8, 4) is 0 Å². The minimum Gasteiger partial charge on any atom is -0.480 e. The molecule has 7 nitrogen and oxygen atoms in total. The lowest BCUT2D eigenvalue weighted by Crippen LogP contribution is -2.41. The van der Waals surface area contributed by atoms with Crippen LogP contribution < -0.4 is 10.6 Å². The predicted octanol–water partition coefficient (Wildman–Crippen LogP) is 1.74. The second-order valence-electron chi connectivity index (χ2n) is 7.50. The monoisotopic (exact) mass is 374 g/mol. The normalized spacial score (nSPS) is 18.4. The number of hydrogen-bond acceptors (Lipinski definition) is 5. The molecule has 0 radical (unpaired) electrons. The number of rotatable bonds is 7. The number of carboxylic acids is 1. The molecular weight excluding hydrogens is 347 g/mol. The van der Waals surface area contributed by atoms with Crippen LogP contribution in [0.25, 0.3) is 6.08 Å². The Morgan fingerprint density at radius 2 is 1.70 bits per heavy atom. The van der Waals surface area contributed by atoms with Crippen molar-refractivity contribution in [2.75, 3.05) is 20.1 Å². The van der Waals surface area contributed by atoms with Gasteiger partial charge in [0.15, 0.2) is 0 Å². The average molecular weight is 374 g/mol. The molecule has 0 atom stereocenters. The smallest absolute Gasteiger partial charge is 0.480 e. The van der Waals surface area contributed by atoms with E-state index < -0.39 is 36.7 Å². The Morgan fingerprint density at radius 1 is 1.11 bits per heavy atom. The van der Waals surface area contributed by atoms with Gasteiger partial charge in [-0.2, -0.15) is 0 Å². The van der Waals surface area contributed by atoms with Gasteiger partial charge in [0.1, 0.15) is 6.54 Å². The molecule has 0 bridgehead atoms. The Morgan fingerprint density at radius 3 is 2.26 bits per heavy atom. The number of carboxylic acid groups (broad SMARTS) is 1. The maximum absolute atomic E-state index is 12.4. The second kappa shape index (κ2) is 8.25. The molecule has 0 aromatic heterocycles. The van der Waals surface area contributed by atoms with E-state index in [0.717, 1.165) is 5.47 Å². The number of amides is 1. The summed E-state index contributed by atoms with van der Waals surface area (Å²) >= 11 is 0. The molecule has 27 heavy (non-hydrogen) atoms. The highest BCUT2D eigenvalue weighted by molar-refractivity contribution is 6.56. The van der Waals surface area contributed by atoms with Crippen LogP contribution in [0.1, 0.15) is 43.6 Å². The van der Waals surface area contributed by atoms with Gasteiger partial charge in [0.2, 0.25) is 0 Å². The van der Waals surface area contributed by atoms with Crippen LogP contribution in [0.4, 0.5) is 0 Å². The first kappa shape index (κ1) is 21.1. The van der Waals surface area contributed by atoms with Crippen molar-refractivity contribution < 1.29 is 24.0 Å². The lowest BCUT2D eigenvalue weighted by molar-refractivity contribution is -0.135. The Hall–Kier alpha value is -2.16. The van der Waals surface area contributed by atoms with Crippen molar-refractivity contribution in [2.45, 2.75) is 38.9 Å². The van der Waals surface area contributed by atoms with Gasteiger partial charge in [0.25, 0.3) is 5.91 Å². The van der Waals surface area contributed by atoms with Crippen molar-refractivity contribution in [2.24, 2.45) is 0 Å². The summed E-state index contributed by atoms with van der Waals surface area (Å²) in [5.74, 6) is -1.54. The van der Waals surface area contributed by atoms with E-state index in [1.807, 2.05) is 46.9 Å². The largest absolute Gasteiger partial charge is 0.491 e. The molecule has 1 aromatic carbocycles. The number of benzene rings is 1. The highest BCUT2D eigenvalue weighted by atomic mass is 16.7. The van der Waals surface area contributed by atoms with E-state index in [-0.39, 0.29) is 0 Å². The molecule has 0 spiro atoms. The van der Waals surface area contributed by atoms with Gasteiger partial charge in [-0.15, -0.1) is 0 Å². The molecule has 8 heteroatoms. The number of likely N-dealkylation sites (N-methyl/N-ethyl adjacent to an activating group) is 1. The van der Waals surface area contributed by atoms with Crippen LogP contribution in [0, 0.1) is 0 Å². The summed E-state index contributed by atoms with van der Waals surface area (Å²) in [7, 11) is 1.28. The maximum Gasteiger partial charge on any atom is 0.491 e. The molecule has 0 saturated carbocycles. The fourth-order valence-corrected chi connectivity index (χ4v) is 2.68. The van der Waals surface area contributed by atoms with Crippen LogP contribution in [-0.4, -0.2) is 55.4 Å². The Balaban J connectivity index is 2.34. The molecule has 0 aliphatic carbocycles. The van der Waals surface area contributed by atoms with E-state index >= 15 is 0 Å². The SMILES string of the molecule is CNCC(=Cc1ccccc1C(=O)NCC(=O)O)B1OC(C)(C)C(C)(C)O1. The van der Waals surface area contributed by atoms with Gasteiger partial charge in [0.05, 0.1) is 11.2 Å². The molecule has 146 valence electrons. The van der Waals surface area contributed by atoms with Crippen molar-refractivity contribution >= 4 is 25.1 Å². The summed E-state index contributed by atoms with van der Waals surface area (Å²) in [6.45, 7) is 8.02. The molecule has 0 unspecified atom stereocenters. The summed E-state index contributed by atoms with van der Waals surface area (Å²) in [6.07, 6.45) is 1.86. The number of carbonyl (C=O) groups excluding carboxylic acids is 1. The van der Waals surface area contributed by atoms with Crippen LogP contribution in [0.3, 0.4) is 0 Å². The first-order chi connectivity index (χ1) is 12.6. The van der Waals surface area contributed by atoms with E-state index in [9.17, 15) is 9.59 Å². The van der Waals surface area contributed by atoms with Crippen molar-refractivity contribution in [1.29, 1.82) is 0 Å². The van der Waals surface area contributed by atoms with E-state index in [2.05, 4.69) is 10.6 Å². The lowest BCUT2D eigenvalue weighted by Gasteiger charge is -2.32. The third-order valence-electron chi connectivity index (χ3n) is 4.88. The van der Waals surface area contributed by atoms with Crippen LogP contribution >= 0.6 is 0 Å². The third kappa shape index (κ3) is 4.97. The standard InChI is InChI=1S/C19H27BN2O5/c1-18(2)19(3,4)27-20(26-18)14(11-21-5)10-13-8-6-7-9-15(13)17(25)22-12-16(23)24/h6-10,21H,11-12H2,1-5H3,(H,22,25)(H,23,24). The predicted molar refractivity (Wildman–Crippen MR) is 104 cm³/mol. The minimum atomic E-state index is -1.09. The first-order valence-electron chi connectivity index (χ1n) is 8.87. The summed E-state index contributed by atoms with van der Waals surface area (Å²) in [5.41, 5.74) is 0.963. The van der Waals surface area contributed by atoms with Crippen LogP contribution in [0.2, 0.25) is 0 Å². The minimum absolute atomic E-state index is 0.392. The zero-order valence-electron chi connectivity index (χ0n) is 16.5. The molecule has 2 rings (SSSR count). The van der Waals surface area contributed by atoms with Crippen molar-refractivity contribution in [3.05, 3.63) is 40.9 Å². The number of hydrogen-bond donors (Lipinski definition) is 3. The molecule has 3 N–H and O–H groups in total. The lowest BCUT2D eigenvalue weighted by atomic mass is 9.76. The summed E-state index contributed by atoms with van der Waals surface area (Å²) < 4.78 is 12.2. The van der Waals surface area contributed by atoms with Gasteiger partial charge in [-0.1, -0.05) is 24.3 Å². The number of carbonyl (C=O) groups is 2. The molecule has 1 aliphatic rings. The molecule has 1 amide bonds. The van der Waals surface area contributed by atoms with E-state index in [1.165, 1.54) is 0 Å². The summed E-state index contributed by atoms with van der Waals surface area (Å²) in [5, 5.41) is 14.3. The van der Waals surface area contributed by atoms with Crippen molar-refractivity contribution in [1.82, 2.24) is 10.6 Å². The quantitative estimate of drug-likeness (QED) is 0.629. The Labute approximate surface area is 160 Å². The van der Waals surface area contributed by atoms with Gasteiger partial charge in [-0.05, 0) is 51.8 Å². The van der Waals surface area contributed by atoms with Crippen LogP contribution in [0.5, 0.6) is 0 Å². The Bertz CT molecular complexity index is 729. The van der Waals surface area contributed by atoms with Gasteiger partial charge in [0, 0.05) is 12.1 Å². The fraction of sp³-hybridized carbons (Fsp3) is 0.474. The Kier molecular flexibility index (Phi) is 6.46. The molecular formula is C19H27BN2O5. The van der Waals surface area contributed by atoms with E-state index in [0.29, 0.717) is 17.7 Å². The van der Waals surface area contributed by atoms with E-state index in [4.69, 9.17) is 14.4 Å². The zero-order chi connectivity index (χ0) is 20.2. The highest BCUT2D eigenvalue weighted by Crippen LogP contribution is 2.38. The van der Waals surface area contributed by atoms with Crippen LogP contribution in [0.15, 0.2) is 29.7 Å². The second-order valence-corrected chi connectivity index (χ2v) is 7.50. The fourth-order valence-electron chi connectivity index (χ4n) is 2.68. The number of aliphatic carboxylic acids is 1. The van der Waals surface area contributed by atoms with Crippen LogP contribution in [-0.2, 0) is 14.1 Å². The summed E-state index contributed by atoms with van der Waals surface area (Å²) in [4.78, 5) is 23.1. The molecule has 1 fully saturated rings. The summed E-state index contributed by atoms with van der Waals surface area (Å²) in [6, 6.07) is 7.02. The average Bonchev–Trinajstić information content (AvgIpc) is 2.80. The van der Waals surface area contributed by atoms with Gasteiger partial charge in [-0.3, -0.25) is 9.59 Å². The zero-order valence-corrected chi connectivity index (χ0v) is 16.5. The third-order valence-corrected chi connectivity index (χ3v) is 4.88. The molecule has 1 aromatic rings. The molecule has 1 saturated heterocycles. The highest BCUT2D eigenvalue weighted by Gasteiger charge is 2.52. The number of nitrogens with one attached hydrogen (secondary N) is 2. The molecule has 1 heterocycles. The maximum atomic E-state index is 12.4. The van der Waals surface area contributed by atoms with E-state index in [1.54, 1.807) is 18.2 Å². The van der Waals surface area contributed by atoms with Gasteiger partial charge < -0.3 is 25.0 Å². The molecule has 1 aliphatic heterocycles. The van der Waals surface area contributed by atoms with Gasteiger partial charge in [-0.25, -0.2) is 0 Å². The van der Waals surface area contributed by atoms with Crippen molar-refractivity contribution in [3.63, 3.8) is 0 Å². The first-order valence-corrected chi connectivity index (χ1v) is 8.87.